The third kappa shape index (κ3) is 12.2. The quantitative estimate of drug-likeness (QED) is 0.208. The maximum Gasteiger partial charge on any atom is 0.219 e. The van der Waals surface area contributed by atoms with Crippen LogP contribution >= 0.6 is 0 Å². The first-order valence-electron chi connectivity index (χ1n) is 19.7. The summed E-state index contributed by atoms with van der Waals surface area (Å²) in [5.74, 6) is 0. The summed E-state index contributed by atoms with van der Waals surface area (Å²) in [5.41, 5.74) is 15.9. The molecule has 0 spiro atoms. The highest BCUT2D eigenvalue weighted by Gasteiger charge is 2.29. The van der Waals surface area contributed by atoms with Gasteiger partial charge in [0.2, 0.25) is 34.2 Å². The standard InChI is InChI=1S/C52H38N2.2ClHO4/c1-7-20-39(21-8-1)45-34-49(41-24-11-3-12-25-41)53(50(35-45)42-26-13-4-14-27-42)47-32-19-33-48(38-47)54-51(43-28-15-5-16-29-43)36-46(40-22-9-2-10-23-40)37-52(54)44-30-17-6-18-31-44;2*2-1(3,4)5/h1-38H;2*(H,2,3,4,5)/q+2;;/p-2. The minimum atomic E-state index is -4.94. The van der Waals surface area contributed by atoms with Gasteiger partial charge in [-0.15, -0.1) is 20.5 Å². The summed E-state index contributed by atoms with van der Waals surface area (Å²) < 4.78 is 72.8. The summed E-state index contributed by atoms with van der Waals surface area (Å²) in [6.45, 7) is 0. The second kappa shape index (κ2) is 20.5. The molecule has 0 saturated carbocycles. The van der Waals surface area contributed by atoms with Gasteiger partial charge in [-0.05, 0) is 76.9 Å². The van der Waals surface area contributed by atoms with Crippen molar-refractivity contribution in [2.24, 2.45) is 0 Å². The van der Waals surface area contributed by atoms with Crippen LogP contribution in [0.3, 0.4) is 0 Å². The zero-order valence-corrected chi connectivity index (χ0v) is 35.4. The summed E-state index contributed by atoms with van der Waals surface area (Å²) in [4.78, 5) is 0. The van der Waals surface area contributed by atoms with Crippen molar-refractivity contribution in [1.29, 1.82) is 0 Å². The molecule has 0 fully saturated rings. The predicted octanol–water partition coefficient (Wildman–Crippen LogP) is 2.73. The van der Waals surface area contributed by atoms with Gasteiger partial charge in [0.05, 0.1) is 6.07 Å². The van der Waals surface area contributed by atoms with Crippen molar-refractivity contribution < 1.29 is 66.9 Å². The van der Waals surface area contributed by atoms with Crippen molar-refractivity contribution in [3.05, 3.63) is 231 Å². The smallest absolute Gasteiger partial charge is 0.219 e. The Morgan fingerprint density at radius 2 is 0.422 bits per heavy atom. The van der Waals surface area contributed by atoms with E-state index in [2.05, 4.69) is 240 Å². The molecule has 7 aromatic carbocycles. The largest absolute Gasteiger partial charge is 0.222 e. The lowest BCUT2D eigenvalue weighted by molar-refractivity contribution is -2.00. The average Bonchev–Trinajstić information content (AvgIpc) is 3.31. The molecule has 0 amide bonds. The fourth-order valence-corrected chi connectivity index (χ4v) is 7.40. The molecule has 2 heterocycles. The summed E-state index contributed by atoms with van der Waals surface area (Å²) in [7, 11) is -9.89. The van der Waals surface area contributed by atoms with E-state index >= 15 is 0 Å². The van der Waals surface area contributed by atoms with Crippen LogP contribution in [0.25, 0.3) is 78.7 Å². The lowest BCUT2D eigenvalue weighted by Crippen LogP contribution is -2.68. The number of hydrogen-bond donors (Lipinski definition) is 0. The van der Waals surface area contributed by atoms with Gasteiger partial charge in [-0.25, -0.2) is 37.3 Å². The maximum atomic E-state index is 8.49. The van der Waals surface area contributed by atoms with E-state index in [4.69, 9.17) is 37.3 Å². The van der Waals surface area contributed by atoms with Gasteiger partial charge in [0.1, 0.15) is 0 Å². The van der Waals surface area contributed by atoms with Crippen molar-refractivity contribution in [1.82, 2.24) is 0 Å². The number of rotatable bonds is 8. The summed E-state index contributed by atoms with van der Waals surface area (Å²) in [6, 6.07) is 82.6. The van der Waals surface area contributed by atoms with E-state index in [0.717, 1.165) is 56.4 Å². The maximum absolute atomic E-state index is 8.49. The van der Waals surface area contributed by atoms with E-state index in [1.54, 1.807) is 0 Å². The summed E-state index contributed by atoms with van der Waals surface area (Å²) in [5, 5.41) is 0. The Labute approximate surface area is 374 Å². The first-order valence-corrected chi connectivity index (χ1v) is 22.1. The van der Waals surface area contributed by atoms with E-state index in [9.17, 15) is 0 Å². The summed E-state index contributed by atoms with van der Waals surface area (Å²) >= 11 is 0. The minimum Gasteiger partial charge on any atom is -0.222 e. The fraction of sp³-hybridized carbons (Fsp3) is 0. The molecule has 0 aliphatic heterocycles. The Kier molecular flexibility index (Phi) is 14.5. The second-order valence-corrected chi connectivity index (χ2v) is 15.7. The number of halogens is 2. The number of benzene rings is 7. The second-order valence-electron chi connectivity index (χ2n) is 14.2. The van der Waals surface area contributed by atoms with Crippen LogP contribution in [0.4, 0.5) is 0 Å². The highest BCUT2D eigenvalue weighted by molar-refractivity contribution is 5.76. The molecule has 12 heteroatoms. The van der Waals surface area contributed by atoms with Crippen LogP contribution in [-0.2, 0) is 0 Å². The molecule has 10 nitrogen and oxygen atoms in total. The van der Waals surface area contributed by atoms with Crippen LogP contribution in [0.2, 0.25) is 0 Å². The first kappa shape index (κ1) is 45.1. The van der Waals surface area contributed by atoms with Crippen LogP contribution in [0.5, 0.6) is 0 Å². The van der Waals surface area contributed by atoms with Gasteiger partial charge in [0.25, 0.3) is 0 Å². The number of pyridine rings is 2. The Hall–Kier alpha value is -6.90. The minimum absolute atomic E-state index is 1.07. The molecular weight excluding hydrogens is 851 g/mol. The molecule has 0 aliphatic carbocycles. The van der Waals surface area contributed by atoms with E-state index in [1.165, 1.54) is 22.3 Å². The third-order valence-electron chi connectivity index (χ3n) is 9.97. The molecule has 0 aliphatic rings. The van der Waals surface area contributed by atoms with Gasteiger partial charge in [0, 0.05) is 58.7 Å². The van der Waals surface area contributed by atoms with Crippen molar-refractivity contribution in [2.45, 2.75) is 0 Å². The van der Waals surface area contributed by atoms with E-state index < -0.39 is 20.5 Å². The van der Waals surface area contributed by atoms with Gasteiger partial charge in [0.15, 0.2) is 0 Å². The molecule has 0 saturated heterocycles. The van der Waals surface area contributed by atoms with Gasteiger partial charge < -0.3 is 0 Å². The van der Waals surface area contributed by atoms with Crippen molar-refractivity contribution in [3.63, 3.8) is 0 Å². The molecule has 0 bridgehead atoms. The van der Waals surface area contributed by atoms with Crippen molar-refractivity contribution in [2.75, 3.05) is 0 Å². The van der Waals surface area contributed by atoms with Crippen LogP contribution in [0, 0.1) is 20.5 Å². The number of aromatic nitrogens is 2. The van der Waals surface area contributed by atoms with Gasteiger partial charge >= 0.3 is 0 Å². The molecular formula is C52H38Cl2N2O8. The topological polar surface area (TPSA) is 192 Å². The number of nitrogens with zero attached hydrogens (tertiary/aromatic N) is 2. The molecule has 0 atom stereocenters. The molecule has 2 aromatic heterocycles. The molecule has 0 radical (unpaired) electrons. The Balaban J connectivity index is 0.000000554. The van der Waals surface area contributed by atoms with Crippen molar-refractivity contribution >= 4 is 0 Å². The lowest BCUT2D eigenvalue weighted by Gasteiger charge is -2.17. The first-order chi connectivity index (χ1) is 30.8. The molecule has 0 N–H and O–H groups in total. The molecule has 64 heavy (non-hydrogen) atoms. The zero-order valence-electron chi connectivity index (χ0n) is 33.9. The normalized spacial score (nSPS) is 11.1. The SMILES string of the molecule is [O-][Cl+3]([O-])([O-])[O-].[O-][Cl+3]([O-])([O-])[O-].c1ccc(-c2cc(-c3ccccc3)[n+](-c3cccc(-[n+]4c(-c5ccccc5)cc(-c5ccccc5)cc4-c4ccccc4)c3)c(-c3ccccc3)c2)cc1. The zero-order chi connectivity index (χ0) is 45.1. The average molecular weight is 890 g/mol. The monoisotopic (exact) mass is 888 g/mol. The Bertz CT molecular complexity index is 2570. The Morgan fingerprint density at radius 3 is 0.641 bits per heavy atom. The molecule has 318 valence electrons. The molecule has 9 rings (SSSR count). The van der Waals surface area contributed by atoms with Crippen molar-refractivity contribution in [3.8, 4) is 78.7 Å². The molecule has 0 unspecified atom stereocenters. The van der Waals surface area contributed by atoms with Crippen LogP contribution in [0.1, 0.15) is 0 Å². The van der Waals surface area contributed by atoms with Crippen LogP contribution < -0.4 is 46.4 Å². The van der Waals surface area contributed by atoms with E-state index in [-0.39, 0.29) is 0 Å². The van der Waals surface area contributed by atoms with E-state index in [0.29, 0.717) is 0 Å². The van der Waals surface area contributed by atoms with Gasteiger partial charge in [-0.1, -0.05) is 133 Å². The van der Waals surface area contributed by atoms with Crippen LogP contribution in [-0.4, -0.2) is 0 Å². The summed E-state index contributed by atoms with van der Waals surface area (Å²) in [6.07, 6.45) is 0. The highest BCUT2D eigenvalue weighted by Crippen LogP contribution is 2.33. The van der Waals surface area contributed by atoms with E-state index in [1.807, 2.05) is 0 Å². The van der Waals surface area contributed by atoms with Gasteiger partial charge in [-0.2, -0.15) is 9.13 Å². The highest BCUT2D eigenvalue weighted by atomic mass is 35.7. The predicted molar refractivity (Wildman–Crippen MR) is 222 cm³/mol. The van der Waals surface area contributed by atoms with Crippen LogP contribution in [0.15, 0.2) is 231 Å². The lowest BCUT2D eigenvalue weighted by atomic mass is 9.98. The third-order valence-corrected chi connectivity index (χ3v) is 9.97. The number of hydrogen-bond acceptors (Lipinski definition) is 8. The fourth-order valence-electron chi connectivity index (χ4n) is 7.40. The Morgan fingerprint density at radius 1 is 0.219 bits per heavy atom. The van der Waals surface area contributed by atoms with Gasteiger partial charge in [-0.3, -0.25) is 0 Å². The molecule has 9 aromatic rings.